The molecule has 0 saturated carbocycles. The van der Waals surface area contributed by atoms with Crippen molar-refractivity contribution in [1.29, 1.82) is 0 Å². The van der Waals surface area contributed by atoms with E-state index < -0.39 is 10.0 Å². The van der Waals surface area contributed by atoms with Crippen molar-refractivity contribution >= 4 is 44.6 Å². The molecule has 8 heteroatoms. The molecule has 5 nitrogen and oxygen atoms in total. The zero-order valence-electron chi connectivity index (χ0n) is 15.4. The number of fused-ring (bicyclic) bond motifs is 1. The molecule has 140 valence electrons. The van der Waals surface area contributed by atoms with Gasteiger partial charge in [0.1, 0.15) is 0 Å². The van der Waals surface area contributed by atoms with Crippen LogP contribution < -0.4 is 0 Å². The highest BCUT2D eigenvalue weighted by atomic mass is 32.2. The van der Waals surface area contributed by atoms with Gasteiger partial charge in [0, 0.05) is 32.1 Å². The van der Waals surface area contributed by atoms with Crippen molar-refractivity contribution in [2.45, 2.75) is 43.3 Å². The first-order valence-electron chi connectivity index (χ1n) is 8.55. The van der Waals surface area contributed by atoms with Crippen LogP contribution in [-0.2, 0) is 16.6 Å². The Morgan fingerprint density at radius 2 is 1.96 bits per heavy atom. The normalized spacial score (nSPS) is 12.4. The Balaban J connectivity index is 2.38. The van der Waals surface area contributed by atoms with Gasteiger partial charge in [0.25, 0.3) is 0 Å². The molecular weight excluding hydrogens is 374 g/mol. The lowest BCUT2D eigenvalue weighted by Gasteiger charge is -2.11. The summed E-state index contributed by atoms with van der Waals surface area (Å²) >= 11 is 3.68. The van der Waals surface area contributed by atoms with Crippen molar-refractivity contribution in [1.82, 2.24) is 13.9 Å². The van der Waals surface area contributed by atoms with Gasteiger partial charge >= 0.3 is 0 Å². The third-order valence-electron chi connectivity index (χ3n) is 3.86. The van der Waals surface area contributed by atoms with Gasteiger partial charge in [-0.2, -0.15) is 11.8 Å². The number of thioether (sulfide) groups is 2. The fourth-order valence-corrected chi connectivity index (χ4v) is 5.14. The second kappa shape index (κ2) is 9.30. The molecule has 25 heavy (non-hydrogen) atoms. The summed E-state index contributed by atoms with van der Waals surface area (Å²) in [7, 11) is -0.344. The van der Waals surface area contributed by atoms with E-state index >= 15 is 0 Å². The molecule has 0 unspecified atom stereocenters. The monoisotopic (exact) mass is 401 g/mol. The van der Waals surface area contributed by atoms with Crippen LogP contribution in [0, 0.1) is 0 Å². The molecule has 1 aromatic carbocycles. The van der Waals surface area contributed by atoms with E-state index in [1.54, 1.807) is 38.0 Å². The maximum atomic E-state index is 12.4. The van der Waals surface area contributed by atoms with Crippen LogP contribution in [-0.4, -0.2) is 53.6 Å². The van der Waals surface area contributed by atoms with Gasteiger partial charge in [0.05, 0.1) is 15.9 Å². The lowest BCUT2D eigenvalue weighted by atomic mass is 10.3. The summed E-state index contributed by atoms with van der Waals surface area (Å²) in [5, 5.41) is 0.986. The van der Waals surface area contributed by atoms with Crippen molar-refractivity contribution in [2.75, 3.05) is 31.4 Å². The zero-order valence-corrected chi connectivity index (χ0v) is 17.8. The second-order valence-electron chi connectivity index (χ2n) is 5.88. The lowest BCUT2D eigenvalue weighted by Crippen LogP contribution is -2.22. The number of nitrogens with zero attached hydrogens (tertiary/aromatic N) is 3. The molecule has 0 radical (unpaired) electrons. The van der Waals surface area contributed by atoms with Crippen LogP contribution >= 0.6 is 23.5 Å². The summed E-state index contributed by atoms with van der Waals surface area (Å²) in [6, 6.07) is 5.26. The molecule has 0 atom stereocenters. The summed E-state index contributed by atoms with van der Waals surface area (Å²) in [5.41, 5.74) is 1.77. The molecule has 0 amide bonds. The molecule has 1 heterocycles. The first-order valence-corrected chi connectivity index (χ1v) is 12.1. The highest BCUT2D eigenvalue weighted by Gasteiger charge is 2.19. The van der Waals surface area contributed by atoms with E-state index in [1.165, 1.54) is 4.31 Å². The molecular formula is C17H27N3O2S3. The van der Waals surface area contributed by atoms with Crippen LogP contribution in [0.15, 0.2) is 28.3 Å². The van der Waals surface area contributed by atoms with Gasteiger partial charge in [-0.3, -0.25) is 0 Å². The van der Waals surface area contributed by atoms with Gasteiger partial charge in [-0.05, 0) is 30.4 Å². The van der Waals surface area contributed by atoms with E-state index in [9.17, 15) is 8.42 Å². The summed E-state index contributed by atoms with van der Waals surface area (Å²) in [4.78, 5) is 5.03. The number of rotatable bonds is 10. The Kier molecular flexibility index (Phi) is 7.67. The lowest BCUT2D eigenvalue weighted by molar-refractivity contribution is 0.521. The van der Waals surface area contributed by atoms with Gasteiger partial charge < -0.3 is 4.57 Å². The number of hydrogen-bond donors (Lipinski definition) is 0. The molecule has 2 rings (SSSR count). The molecule has 0 aliphatic carbocycles. The van der Waals surface area contributed by atoms with Crippen LogP contribution in [0.1, 0.15) is 26.7 Å². The second-order valence-corrected chi connectivity index (χ2v) is 10.5. The minimum Gasteiger partial charge on any atom is -0.319 e. The molecule has 0 aliphatic heterocycles. The first-order chi connectivity index (χ1) is 11.9. The predicted molar refractivity (Wildman–Crippen MR) is 109 cm³/mol. The van der Waals surface area contributed by atoms with Crippen molar-refractivity contribution in [2.24, 2.45) is 0 Å². The van der Waals surface area contributed by atoms with Gasteiger partial charge in [0.2, 0.25) is 10.0 Å². The van der Waals surface area contributed by atoms with E-state index in [4.69, 9.17) is 4.98 Å². The minimum absolute atomic E-state index is 0.295. The maximum Gasteiger partial charge on any atom is 0.242 e. The maximum absolute atomic E-state index is 12.4. The van der Waals surface area contributed by atoms with E-state index in [-0.39, 0.29) is 0 Å². The Labute approximate surface area is 159 Å². The number of aromatic nitrogens is 2. The van der Waals surface area contributed by atoms with Gasteiger partial charge in [0.15, 0.2) is 5.16 Å². The number of benzene rings is 1. The minimum atomic E-state index is -3.44. The highest BCUT2D eigenvalue weighted by molar-refractivity contribution is 8.02. The van der Waals surface area contributed by atoms with E-state index in [1.807, 2.05) is 17.8 Å². The number of unbranched alkanes of at least 4 members (excludes halogenated alkanes) is 1. The zero-order chi connectivity index (χ0) is 18.4. The topological polar surface area (TPSA) is 55.2 Å². The number of sulfonamides is 1. The Hall–Kier alpha value is -0.700. The standard InChI is InChI=1S/C17H27N3O2S3/c1-5-7-10-20-16-9-8-14(25(21,22)19(3)4)13-15(16)18-17(20)24-12-11-23-6-2/h8-9,13H,5-7,10-12H2,1-4H3. The predicted octanol–water partition coefficient (Wildman–Crippen LogP) is 3.93. The fraction of sp³-hybridized carbons (Fsp3) is 0.588. The van der Waals surface area contributed by atoms with Gasteiger partial charge in [-0.15, -0.1) is 0 Å². The quantitative estimate of drug-likeness (QED) is 0.446. The van der Waals surface area contributed by atoms with E-state index in [0.29, 0.717) is 4.90 Å². The molecule has 0 bridgehead atoms. The molecule has 1 aromatic heterocycles. The van der Waals surface area contributed by atoms with Gasteiger partial charge in [-0.1, -0.05) is 32.0 Å². The van der Waals surface area contributed by atoms with Crippen LogP contribution in [0.2, 0.25) is 0 Å². The molecule has 0 spiro atoms. The summed E-state index contributed by atoms with van der Waals surface area (Å²) in [6.07, 6.45) is 2.20. The third kappa shape index (κ3) is 4.93. The highest BCUT2D eigenvalue weighted by Crippen LogP contribution is 2.27. The Morgan fingerprint density at radius 3 is 2.60 bits per heavy atom. The van der Waals surface area contributed by atoms with Crippen LogP contribution in [0.5, 0.6) is 0 Å². The van der Waals surface area contributed by atoms with E-state index in [0.717, 1.165) is 52.8 Å². The van der Waals surface area contributed by atoms with Crippen LogP contribution in [0.4, 0.5) is 0 Å². The summed E-state index contributed by atoms with van der Waals surface area (Å²) < 4.78 is 28.2. The van der Waals surface area contributed by atoms with Gasteiger partial charge in [-0.25, -0.2) is 17.7 Å². The molecule has 2 aromatic rings. The van der Waals surface area contributed by atoms with Crippen molar-refractivity contribution < 1.29 is 8.42 Å². The first kappa shape index (κ1) is 20.6. The Morgan fingerprint density at radius 1 is 1.20 bits per heavy atom. The number of imidazole rings is 1. The average Bonchev–Trinajstić information content (AvgIpc) is 2.93. The van der Waals surface area contributed by atoms with E-state index in [2.05, 4.69) is 18.4 Å². The molecule has 0 aliphatic rings. The molecule has 0 N–H and O–H groups in total. The Bertz CT molecular complexity index is 801. The third-order valence-corrected chi connectivity index (χ3v) is 7.81. The molecule has 0 saturated heterocycles. The van der Waals surface area contributed by atoms with Crippen molar-refractivity contribution in [3.8, 4) is 0 Å². The largest absolute Gasteiger partial charge is 0.319 e. The molecule has 0 fully saturated rings. The van der Waals surface area contributed by atoms with Crippen molar-refractivity contribution in [3.05, 3.63) is 18.2 Å². The van der Waals surface area contributed by atoms with Crippen molar-refractivity contribution in [3.63, 3.8) is 0 Å². The average molecular weight is 402 g/mol. The number of hydrogen-bond acceptors (Lipinski definition) is 5. The fourth-order valence-electron chi connectivity index (χ4n) is 2.44. The SMILES string of the molecule is CCCCn1c(SCCSCC)nc2cc(S(=O)(=O)N(C)C)ccc21. The number of aryl methyl sites for hydroxylation is 1. The van der Waals surface area contributed by atoms with Crippen LogP contribution in [0.3, 0.4) is 0 Å². The van der Waals surface area contributed by atoms with Crippen LogP contribution in [0.25, 0.3) is 11.0 Å². The smallest absolute Gasteiger partial charge is 0.242 e. The summed E-state index contributed by atoms with van der Waals surface area (Å²) in [5.74, 6) is 3.23. The summed E-state index contributed by atoms with van der Waals surface area (Å²) in [6.45, 7) is 5.25.